The molecule has 1 atom stereocenters. The molecule has 2 rings (SSSR count). The van der Waals surface area contributed by atoms with Crippen LogP contribution in [0.1, 0.15) is 37.6 Å². The summed E-state index contributed by atoms with van der Waals surface area (Å²) in [6, 6.07) is 7.98. The summed E-state index contributed by atoms with van der Waals surface area (Å²) in [5, 5.41) is 0. The van der Waals surface area contributed by atoms with Crippen molar-refractivity contribution in [3.05, 3.63) is 48.0 Å². The number of hydrogen-bond acceptors (Lipinski definition) is 3. The summed E-state index contributed by atoms with van der Waals surface area (Å²) in [6.45, 7) is 5.64. The van der Waals surface area contributed by atoms with Gasteiger partial charge >= 0.3 is 0 Å². The Morgan fingerprint density at radius 2 is 2.05 bits per heavy atom. The van der Waals surface area contributed by atoms with Crippen LogP contribution in [0.25, 0.3) is 0 Å². The van der Waals surface area contributed by atoms with Crippen LogP contribution in [0.15, 0.2) is 36.8 Å². The Bertz CT molecular complexity index is 502. The Morgan fingerprint density at radius 1 is 1.32 bits per heavy atom. The minimum absolute atomic E-state index is 0.0556. The van der Waals surface area contributed by atoms with E-state index >= 15 is 0 Å². The number of ether oxygens (including phenoxy) is 1. The predicted molar refractivity (Wildman–Crippen MR) is 75.9 cm³/mol. The SMILES string of the molecule is CCCn1cncc1COc1ccc(C(C)N)cc1. The summed E-state index contributed by atoms with van der Waals surface area (Å²) >= 11 is 0. The molecule has 0 bridgehead atoms. The molecule has 0 aliphatic heterocycles. The quantitative estimate of drug-likeness (QED) is 0.867. The molecule has 0 spiro atoms. The number of nitrogens with zero attached hydrogens (tertiary/aromatic N) is 2. The molecule has 0 radical (unpaired) electrons. The van der Waals surface area contributed by atoms with Gasteiger partial charge in [-0.05, 0) is 31.0 Å². The minimum atomic E-state index is 0.0556. The maximum absolute atomic E-state index is 5.82. The number of aromatic nitrogens is 2. The number of rotatable bonds is 6. The van der Waals surface area contributed by atoms with E-state index in [0.717, 1.165) is 30.0 Å². The van der Waals surface area contributed by atoms with Crippen LogP contribution < -0.4 is 10.5 Å². The van der Waals surface area contributed by atoms with Crippen LogP contribution in [0.5, 0.6) is 5.75 Å². The standard InChI is InChI=1S/C15H21N3O/c1-3-8-18-11-17-9-14(18)10-19-15-6-4-13(5-7-15)12(2)16/h4-7,9,11-12H,3,8,10,16H2,1-2H3. The Kier molecular flexibility index (Phi) is 4.58. The molecule has 19 heavy (non-hydrogen) atoms. The van der Waals surface area contributed by atoms with Gasteiger partial charge in [0, 0.05) is 12.6 Å². The molecule has 1 aromatic carbocycles. The smallest absolute Gasteiger partial charge is 0.130 e. The number of aryl methyl sites for hydroxylation is 1. The molecule has 1 aromatic heterocycles. The van der Waals surface area contributed by atoms with E-state index in [1.807, 2.05) is 43.7 Å². The molecule has 0 aliphatic rings. The molecule has 1 heterocycles. The molecule has 0 aliphatic carbocycles. The summed E-state index contributed by atoms with van der Waals surface area (Å²) in [7, 11) is 0. The van der Waals surface area contributed by atoms with Gasteiger partial charge in [-0.3, -0.25) is 0 Å². The van der Waals surface area contributed by atoms with E-state index in [1.54, 1.807) is 0 Å². The normalized spacial score (nSPS) is 12.4. The third-order valence-electron chi connectivity index (χ3n) is 3.06. The van der Waals surface area contributed by atoms with Gasteiger partial charge in [-0.2, -0.15) is 0 Å². The van der Waals surface area contributed by atoms with Gasteiger partial charge in [-0.15, -0.1) is 0 Å². The van der Waals surface area contributed by atoms with Crippen molar-refractivity contribution < 1.29 is 4.74 Å². The molecule has 2 aromatic rings. The lowest BCUT2D eigenvalue weighted by molar-refractivity contribution is 0.294. The van der Waals surface area contributed by atoms with Crippen molar-refractivity contribution >= 4 is 0 Å². The van der Waals surface area contributed by atoms with Crippen LogP contribution in [0, 0.1) is 0 Å². The van der Waals surface area contributed by atoms with Crippen molar-refractivity contribution in [2.75, 3.05) is 0 Å². The third kappa shape index (κ3) is 3.58. The maximum atomic E-state index is 5.82. The van der Waals surface area contributed by atoms with Crippen molar-refractivity contribution in [1.29, 1.82) is 0 Å². The highest BCUT2D eigenvalue weighted by Gasteiger charge is 2.03. The molecule has 0 saturated carbocycles. The first-order chi connectivity index (χ1) is 9.20. The van der Waals surface area contributed by atoms with Gasteiger partial charge in [0.25, 0.3) is 0 Å². The zero-order chi connectivity index (χ0) is 13.7. The van der Waals surface area contributed by atoms with Crippen LogP contribution in [-0.2, 0) is 13.2 Å². The van der Waals surface area contributed by atoms with Gasteiger partial charge in [0.1, 0.15) is 12.4 Å². The first kappa shape index (κ1) is 13.6. The summed E-state index contributed by atoms with van der Waals surface area (Å²) in [6.07, 6.45) is 4.79. The van der Waals surface area contributed by atoms with Crippen molar-refractivity contribution in [1.82, 2.24) is 9.55 Å². The maximum Gasteiger partial charge on any atom is 0.130 e. The first-order valence-electron chi connectivity index (χ1n) is 6.68. The van der Waals surface area contributed by atoms with Crippen LogP contribution in [-0.4, -0.2) is 9.55 Å². The molecule has 1 unspecified atom stereocenters. The molecular weight excluding hydrogens is 238 g/mol. The fourth-order valence-corrected chi connectivity index (χ4v) is 1.94. The molecule has 0 amide bonds. The minimum Gasteiger partial charge on any atom is -0.487 e. The molecule has 0 saturated heterocycles. The highest BCUT2D eigenvalue weighted by Crippen LogP contribution is 2.17. The van der Waals surface area contributed by atoms with E-state index < -0.39 is 0 Å². The first-order valence-corrected chi connectivity index (χ1v) is 6.68. The average Bonchev–Trinajstić information content (AvgIpc) is 2.85. The Hall–Kier alpha value is -1.81. The second-order valence-electron chi connectivity index (χ2n) is 4.72. The predicted octanol–water partition coefficient (Wildman–Crippen LogP) is 2.89. The van der Waals surface area contributed by atoms with Gasteiger partial charge in [0.15, 0.2) is 0 Å². The highest BCUT2D eigenvalue weighted by molar-refractivity contribution is 5.28. The highest BCUT2D eigenvalue weighted by atomic mass is 16.5. The van der Waals surface area contributed by atoms with Crippen LogP contribution in [0.2, 0.25) is 0 Å². The van der Waals surface area contributed by atoms with Crippen molar-refractivity contribution in [3.63, 3.8) is 0 Å². The third-order valence-corrected chi connectivity index (χ3v) is 3.06. The number of hydrogen-bond donors (Lipinski definition) is 1. The monoisotopic (exact) mass is 259 g/mol. The van der Waals surface area contributed by atoms with E-state index in [1.165, 1.54) is 0 Å². The molecular formula is C15H21N3O. The van der Waals surface area contributed by atoms with Gasteiger partial charge in [-0.1, -0.05) is 19.1 Å². The van der Waals surface area contributed by atoms with Gasteiger partial charge in [0.2, 0.25) is 0 Å². The summed E-state index contributed by atoms with van der Waals surface area (Å²) in [5.41, 5.74) is 8.03. The van der Waals surface area contributed by atoms with Crippen molar-refractivity contribution in [3.8, 4) is 5.75 Å². The second-order valence-corrected chi connectivity index (χ2v) is 4.72. The lowest BCUT2D eigenvalue weighted by atomic mass is 10.1. The van der Waals surface area contributed by atoms with Crippen LogP contribution >= 0.6 is 0 Å². The molecule has 2 N–H and O–H groups in total. The van der Waals surface area contributed by atoms with Crippen molar-refractivity contribution in [2.45, 2.75) is 39.5 Å². The molecule has 102 valence electrons. The molecule has 0 fully saturated rings. The fraction of sp³-hybridized carbons (Fsp3) is 0.400. The second kappa shape index (κ2) is 6.38. The average molecular weight is 259 g/mol. The number of imidazole rings is 1. The van der Waals surface area contributed by atoms with Gasteiger partial charge < -0.3 is 15.0 Å². The molecule has 4 heteroatoms. The van der Waals surface area contributed by atoms with E-state index in [0.29, 0.717) is 6.61 Å². The lowest BCUT2D eigenvalue weighted by Gasteiger charge is -2.10. The van der Waals surface area contributed by atoms with Crippen LogP contribution in [0.4, 0.5) is 0 Å². The topological polar surface area (TPSA) is 53.1 Å². The van der Waals surface area contributed by atoms with Crippen molar-refractivity contribution in [2.24, 2.45) is 5.73 Å². The summed E-state index contributed by atoms with van der Waals surface area (Å²) < 4.78 is 7.89. The van der Waals surface area contributed by atoms with E-state index in [-0.39, 0.29) is 6.04 Å². The van der Waals surface area contributed by atoms with E-state index in [2.05, 4.69) is 16.5 Å². The Balaban J connectivity index is 1.96. The fourth-order valence-electron chi connectivity index (χ4n) is 1.94. The van der Waals surface area contributed by atoms with E-state index in [9.17, 15) is 0 Å². The van der Waals surface area contributed by atoms with E-state index in [4.69, 9.17) is 10.5 Å². The Morgan fingerprint density at radius 3 is 2.68 bits per heavy atom. The largest absolute Gasteiger partial charge is 0.487 e. The summed E-state index contributed by atoms with van der Waals surface area (Å²) in [4.78, 5) is 4.16. The van der Waals surface area contributed by atoms with Gasteiger partial charge in [-0.25, -0.2) is 4.98 Å². The number of nitrogens with two attached hydrogens (primary N) is 1. The Labute approximate surface area is 114 Å². The number of benzene rings is 1. The molecule has 4 nitrogen and oxygen atoms in total. The summed E-state index contributed by atoms with van der Waals surface area (Å²) in [5.74, 6) is 0.855. The van der Waals surface area contributed by atoms with Crippen LogP contribution in [0.3, 0.4) is 0 Å². The van der Waals surface area contributed by atoms with Gasteiger partial charge in [0.05, 0.1) is 18.2 Å². The lowest BCUT2D eigenvalue weighted by Crippen LogP contribution is -2.06. The zero-order valence-corrected chi connectivity index (χ0v) is 11.5. The zero-order valence-electron chi connectivity index (χ0n) is 11.5.